The van der Waals surface area contributed by atoms with Crippen molar-refractivity contribution in [2.24, 2.45) is 0 Å². The van der Waals surface area contributed by atoms with E-state index in [1.807, 2.05) is 0 Å². The van der Waals surface area contributed by atoms with Crippen molar-refractivity contribution in [1.29, 1.82) is 0 Å². The third-order valence-electron chi connectivity index (χ3n) is 3.30. The zero-order valence-electron chi connectivity index (χ0n) is 10.2. The lowest BCUT2D eigenvalue weighted by Gasteiger charge is -2.26. The molecular formula is C10H14N5O5. The number of aliphatic hydroxyl groups is 3. The number of nitrogens with zero attached hydrogens (tertiary/aromatic N) is 2. The largest absolute Gasteiger partial charge is 0.394 e. The summed E-state index contributed by atoms with van der Waals surface area (Å²) in [6.45, 7) is 0.945. The van der Waals surface area contributed by atoms with Gasteiger partial charge in [0.1, 0.15) is 30.7 Å². The van der Waals surface area contributed by atoms with Crippen molar-refractivity contribution >= 4 is 17.5 Å². The van der Waals surface area contributed by atoms with Crippen molar-refractivity contribution in [2.45, 2.75) is 24.5 Å². The maximum absolute atomic E-state index is 11.7. The van der Waals surface area contributed by atoms with E-state index in [1.54, 1.807) is 0 Å². The number of aromatic amines is 1. The molecule has 3 heterocycles. The lowest BCUT2D eigenvalue weighted by molar-refractivity contribution is -0.0208. The molecule has 1 radical (unpaired) electrons. The first-order valence-electron chi connectivity index (χ1n) is 5.93. The number of nitrogen functional groups attached to an aromatic ring is 1. The van der Waals surface area contributed by atoms with Crippen molar-refractivity contribution in [1.82, 2.24) is 9.97 Å². The number of aromatic nitrogens is 2. The summed E-state index contributed by atoms with van der Waals surface area (Å²) in [5.41, 5.74) is 5.18. The predicted octanol–water partition coefficient (Wildman–Crippen LogP) is -2.86. The molecule has 10 nitrogen and oxygen atoms in total. The summed E-state index contributed by atoms with van der Waals surface area (Å²) in [6, 6.07) is 0. The van der Waals surface area contributed by atoms with Crippen LogP contribution in [0, 0.1) is 6.67 Å². The molecule has 3 rings (SSSR count). The van der Waals surface area contributed by atoms with E-state index in [9.17, 15) is 15.0 Å². The second-order valence-electron chi connectivity index (χ2n) is 4.56. The first-order valence-corrected chi connectivity index (χ1v) is 5.93. The Kier molecular flexibility index (Phi) is 3.01. The van der Waals surface area contributed by atoms with Crippen LogP contribution in [-0.4, -0.2) is 56.4 Å². The lowest BCUT2D eigenvalue weighted by atomic mass is 10.1. The number of rotatable bonds is 2. The molecule has 7 N–H and O–H groups in total. The van der Waals surface area contributed by atoms with E-state index in [0.717, 1.165) is 0 Å². The van der Waals surface area contributed by atoms with Gasteiger partial charge in [-0.3, -0.25) is 9.78 Å². The highest BCUT2D eigenvalue weighted by atomic mass is 16.6. The van der Waals surface area contributed by atoms with Gasteiger partial charge in [-0.05, 0) is 0 Å². The number of fused-ring (bicyclic) bond motifs is 1. The number of hydrogen-bond donors (Lipinski definition) is 6. The van der Waals surface area contributed by atoms with Crippen LogP contribution in [0.2, 0.25) is 0 Å². The summed E-state index contributed by atoms with van der Waals surface area (Å²) in [6.07, 6.45) is -4.39. The van der Waals surface area contributed by atoms with E-state index < -0.39 is 36.7 Å². The van der Waals surface area contributed by atoms with Gasteiger partial charge < -0.3 is 36.0 Å². The molecule has 0 spiro atoms. The zero-order valence-corrected chi connectivity index (χ0v) is 10.2. The van der Waals surface area contributed by atoms with Crippen LogP contribution >= 0.6 is 0 Å². The highest BCUT2D eigenvalue weighted by Gasteiger charge is 2.47. The predicted molar refractivity (Wildman–Crippen MR) is 67.4 cm³/mol. The lowest BCUT2D eigenvalue weighted by Crippen LogP contribution is -2.42. The fourth-order valence-corrected chi connectivity index (χ4v) is 2.29. The van der Waals surface area contributed by atoms with E-state index >= 15 is 0 Å². The molecule has 0 aliphatic carbocycles. The van der Waals surface area contributed by atoms with Gasteiger partial charge in [0.2, 0.25) is 5.95 Å². The fraction of sp³-hybridized carbons (Fsp3) is 0.500. The number of aliphatic hydroxyl groups excluding tert-OH is 3. The standard InChI is InChI=1S/C10H14N5O5/c11-10-13-7-4(8(19)14-10)12-2-15(7)9-6(18)5(17)3(1-16)20-9/h2-3,5-6,9,12,16-18H,1H2,(H3,11,13,14,19)/t3-,5-,6+,9-/m1/s1. The Labute approximate surface area is 112 Å². The van der Waals surface area contributed by atoms with Crippen molar-refractivity contribution in [3.05, 3.63) is 17.0 Å². The number of H-pyrrole nitrogens is 1. The van der Waals surface area contributed by atoms with Gasteiger partial charge in [-0.25, -0.2) is 0 Å². The molecule has 1 fully saturated rings. The number of hydrogen-bond acceptors (Lipinski definition) is 9. The maximum Gasteiger partial charge on any atom is 0.277 e. The molecule has 0 saturated carbocycles. The Hall–Kier alpha value is -1.88. The van der Waals surface area contributed by atoms with Gasteiger partial charge in [0.05, 0.1) is 6.61 Å². The first kappa shape index (κ1) is 13.1. The van der Waals surface area contributed by atoms with Crippen LogP contribution in [0.3, 0.4) is 0 Å². The molecule has 1 saturated heterocycles. The van der Waals surface area contributed by atoms with Crippen molar-refractivity contribution in [3.63, 3.8) is 0 Å². The van der Waals surface area contributed by atoms with Crippen LogP contribution < -0.4 is 21.5 Å². The molecular weight excluding hydrogens is 270 g/mol. The Morgan fingerprint density at radius 2 is 2.20 bits per heavy atom. The quantitative estimate of drug-likeness (QED) is 0.336. The minimum absolute atomic E-state index is 0.0809. The summed E-state index contributed by atoms with van der Waals surface area (Å²) < 4.78 is 5.37. The second-order valence-corrected chi connectivity index (χ2v) is 4.56. The van der Waals surface area contributed by atoms with E-state index in [4.69, 9.17) is 15.6 Å². The van der Waals surface area contributed by atoms with Crippen LogP contribution in [0.5, 0.6) is 0 Å². The third kappa shape index (κ3) is 1.81. The van der Waals surface area contributed by atoms with E-state index in [0.29, 0.717) is 0 Å². The molecule has 0 amide bonds. The second kappa shape index (κ2) is 4.59. The van der Waals surface area contributed by atoms with Gasteiger partial charge in [-0.1, -0.05) is 0 Å². The van der Waals surface area contributed by atoms with Gasteiger partial charge in [-0.2, -0.15) is 4.98 Å². The fourth-order valence-electron chi connectivity index (χ4n) is 2.29. The zero-order chi connectivity index (χ0) is 14.4. The van der Waals surface area contributed by atoms with Crippen LogP contribution in [-0.2, 0) is 4.74 Å². The van der Waals surface area contributed by atoms with E-state index in [2.05, 4.69) is 15.3 Å². The Morgan fingerprint density at radius 1 is 1.45 bits per heavy atom. The van der Waals surface area contributed by atoms with E-state index in [1.165, 1.54) is 11.6 Å². The molecule has 1 aromatic heterocycles. The maximum atomic E-state index is 11.7. The molecule has 1 aromatic rings. The Bertz CT molecular complexity index is 578. The van der Waals surface area contributed by atoms with Gasteiger partial charge in [0, 0.05) is 0 Å². The van der Waals surface area contributed by atoms with Gasteiger partial charge >= 0.3 is 0 Å². The Morgan fingerprint density at radius 3 is 2.85 bits per heavy atom. The summed E-state index contributed by atoms with van der Waals surface area (Å²) in [5, 5.41) is 31.5. The molecule has 2 aliphatic heterocycles. The average Bonchev–Trinajstić information content (AvgIpc) is 2.93. The van der Waals surface area contributed by atoms with Crippen LogP contribution in [0.4, 0.5) is 17.5 Å². The molecule has 0 bridgehead atoms. The van der Waals surface area contributed by atoms with Crippen LogP contribution in [0.1, 0.15) is 0 Å². The topological polar surface area (TPSA) is 157 Å². The number of ether oxygens (including phenoxy) is 1. The minimum Gasteiger partial charge on any atom is -0.394 e. The number of anilines is 3. The van der Waals surface area contributed by atoms with Crippen molar-refractivity contribution in [2.75, 3.05) is 22.6 Å². The molecule has 2 aliphatic rings. The molecule has 0 unspecified atom stereocenters. The van der Waals surface area contributed by atoms with Crippen LogP contribution in [0.15, 0.2) is 4.79 Å². The highest BCUT2D eigenvalue weighted by molar-refractivity contribution is 5.73. The monoisotopic (exact) mass is 284 g/mol. The summed E-state index contributed by atoms with van der Waals surface area (Å²) in [4.78, 5) is 19.3. The molecule has 10 heteroatoms. The first-order chi connectivity index (χ1) is 9.52. The SMILES string of the molecule is Nc1nc2c(c(=O)[nH]1)N[CH]N2[C@@H]1O[C@H](CO)[C@@H](O)[C@@H]1O. The summed E-state index contributed by atoms with van der Waals surface area (Å²) >= 11 is 0. The van der Waals surface area contributed by atoms with Crippen LogP contribution in [0.25, 0.3) is 0 Å². The molecule has 4 atom stereocenters. The van der Waals surface area contributed by atoms with Gasteiger partial charge in [0.15, 0.2) is 12.0 Å². The minimum atomic E-state index is -1.27. The number of nitrogens with two attached hydrogens (primary N) is 1. The smallest absolute Gasteiger partial charge is 0.277 e. The van der Waals surface area contributed by atoms with Crippen molar-refractivity contribution in [3.8, 4) is 0 Å². The average molecular weight is 284 g/mol. The Balaban J connectivity index is 1.94. The third-order valence-corrected chi connectivity index (χ3v) is 3.30. The van der Waals surface area contributed by atoms with Crippen molar-refractivity contribution < 1.29 is 20.1 Å². The molecule has 109 valence electrons. The number of nitrogens with one attached hydrogen (secondary N) is 2. The van der Waals surface area contributed by atoms with Gasteiger partial charge in [-0.15, -0.1) is 0 Å². The molecule has 0 aromatic carbocycles. The normalized spacial score (nSPS) is 32.2. The van der Waals surface area contributed by atoms with Gasteiger partial charge in [0.25, 0.3) is 5.56 Å². The highest BCUT2D eigenvalue weighted by Crippen LogP contribution is 2.34. The summed E-state index contributed by atoms with van der Waals surface area (Å²) in [5.74, 6) is 0.101. The summed E-state index contributed by atoms with van der Waals surface area (Å²) in [7, 11) is 0. The molecule has 20 heavy (non-hydrogen) atoms. The van der Waals surface area contributed by atoms with E-state index in [-0.39, 0.29) is 17.5 Å².